The van der Waals surface area contributed by atoms with Gasteiger partial charge >= 0.3 is 0 Å². The van der Waals surface area contributed by atoms with E-state index in [0.717, 1.165) is 17.0 Å². The predicted octanol–water partition coefficient (Wildman–Crippen LogP) is 3.19. The maximum absolute atomic E-state index is 11.7. The highest BCUT2D eigenvalue weighted by atomic mass is 16.5. The number of para-hydroxylation sites is 1. The molecule has 1 heterocycles. The Labute approximate surface area is 118 Å². The summed E-state index contributed by atoms with van der Waals surface area (Å²) in [5.74, 6) is 0.867. The fourth-order valence-corrected chi connectivity index (χ4v) is 1.79. The SMILES string of the molecule is Cc1ccccc1OCCCC(=O)Nc1ccncc1. The summed E-state index contributed by atoms with van der Waals surface area (Å²) in [7, 11) is 0. The molecule has 20 heavy (non-hydrogen) atoms. The average molecular weight is 270 g/mol. The maximum atomic E-state index is 11.7. The van der Waals surface area contributed by atoms with Crippen LogP contribution in [0, 0.1) is 6.92 Å². The number of carbonyl (C=O) groups is 1. The number of benzene rings is 1. The van der Waals surface area contributed by atoms with Crippen molar-refractivity contribution in [2.45, 2.75) is 19.8 Å². The van der Waals surface area contributed by atoms with Crippen molar-refractivity contribution >= 4 is 11.6 Å². The lowest BCUT2D eigenvalue weighted by atomic mass is 10.2. The van der Waals surface area contributed by atoms with Crippen LogP contribution in [0.15, 0.2) is 48.8 Å². The third-order valence-electron chi connectivity index (χ3n) is 2.86. The van der Waals surface area contributed by atoms with E-state index in [0.29, 0.717) is 19.4 Å². The summed E-state index contributed by atoms with van der Waals surface area (Å²) in [5, 5.41) is 2.82. The molecule has 0 aliphatic heterocycles. The van der Waals surface area contributed by atoms with Crippen LogP contribution >= 0.6 is 0 Å². The Morgan fingerprint density at radius 1 is 1.20 bits per heavy atom. The van der Waals surface area contributed by atoms with E-state index in [1.807, 2.05) is 31.2 Å². The topological polar surface area (TPSA) is 51.2 Å². The highest BCUT2D eigenvalue weighted by Crippen LogP contribution is 2.16. The predicted molar refractivity (Wildman–Crippen MR) is 78.8 cm³/mol. The quantitative estimate of drug-likeness (QED) is 0.820. The first-order valence-electron chi connectivity index (χ1n) is 6.64. The van der Waals surface area contributed by atoms with Gasteiger partial charge in [0, 0.05) is 24.5 Å². The number of aryl methyl sites for hydroxylation is 1. The van der Waals surface area contributed by atoms with Crippen molar-refractivity contribution in [2.24, 2.45) is 0 Å². The minimum Gasteiger partial charge on any atom is -0.493 e. The molecular weight excluding hydrogens is 252 g/mol. The summed E-state index contributed by atoms with van der Waals surface area (Å²) in [5.41, 5.74) is 1.87. The van der Waals surface area contributed by atoms with Gasteiger partial charge in [0.1, 0.15) is 5.75 Å². The minimum absolute atomic E-state index is 0.00964. The van der Waals surface area contributed by atoms with E-state index in [-0.39, 0.29) is 5.91 Å². The van der Waals surface area contributed by atoms with Crippen LogP contribution in [-0.4, -0.2) is 17.5 Å². The van der Waals surface area contributed by atoms with E-state index in [4.69, 9.17) is 4.74 Å². The molecule has 4 nitrogen and oxygen atoms in total. The third-order valence-corrected chi connectivity index (χ3v) is 2.86. The summed E-state index contributed by atoms with van der Waals surface area (Å²) < 4.78 is 5.65. The lowest BCUT2D eigenvalue weighted by Gasteiger charge is -2.08. The Balaban J connectivity index is 1.69. The molecule has 0 radical (unpaired) electrons. The number of hydrogen-bond donors (Lipinski definition) is 1. The number of carbonyl (C=O) groups excluding carboxylic acids is 1. The normalized spacial score (nSPS) is 10.1. The van der Waals surface area contributed by atoms with Gasteiger partial charge in [-0.05, 0) is 37.1 Å². The molecule has 0 aliphatic carbocycles. The van der Waals surface area contributed by atoms with Gasteiger partial charge in [-0.2, -0.15) is 0 Å². The Morgan fingerprint density at radius 2 is 1.95 bits per heavy atom. The average Bonchev–Trinajstić information content (AvgIpc) is 2.46. The van der Waals surface area contributed by atoms with E-state index in [2.05, 4.69) is 10.3 Å². The van der Waals surface area contributed by atoms with Crippen LogP contribution in [0.2, 0.25) is 0 Å². The second kappa shape index (κ2) is 7.28. The van der Waals surface area contributed by atoms with Gasteiger partial charge in [0.05, 0.1) is 6.61 Å². The molecule has 0 unspecified atom stereocenters. The summed E-state index contributed by atoms with van der Waals surface area (Å²) in [6.07, 6.45) is 4.42. The van der Waals surface area contributed by atoms with Crippen LogP contribution in [0.4, 0.5) is 5.69 Å². The van der Waals surface area contributed by atoms with Crippen LogP contribution in [-0.2, 0) is 4.79 Å². The van der Waals surface area contributed by atoms with E-state index >= 15 is 0 Å². The molecule has 0 aliphatic rings. The van der Waals surface area contributed by atoms with Crippen molar-refractivity contribution in [3.8, 4) is 5.75 Å². The van der Waals surface area contributed by atoms with E-state index in [9.17, 15) is 4.79 Å². The van der Waals surface area contributed by atoms with E-state index in [1.165, 1.54) is 0 Å². The van der Waals surface area contributed by atoms with Crippen molar-refractivity contribution < 1.29 is 9.53 Å². The fraction of sp³-hybridized carbons (Fsp3) is 0.250. The van der Waals surface area contributed by atoms with Gasteiger partial charge < -0.3 is 10.1 Å². The molecule has 4 heteroatoms. The molecule has 104 valence electrons. The molecule has 2 aromatic rings. The van der Waals surface area contributed by atoms with Gasteiger partial charge in [0.25, 0.3) is 0 Å². The molecule has 0 fully saturated rings. The smallest absolute Gasteiger partial charge is 0.224 e. The zero-order valence-electron chi connectivity index (χ0n) is 11.5. The van der Waals surface area contributed by atoms with Gasteiger partial charge in [-0.3, -0.25) is 9.78 Å². The fourth-order valence-electron chi connectivity index (χ4n) is 1.79. The number of anilines is 1. The van der Waals surface area contributed by atoms with Crippen molar-refractivity contribution in [3.63, 3.8) is 0 Å². The molecule has 1 aromatic heterocycles. The largest absolute Gasteiger partial charge is 0.493 e. The Kier molecular flexibility index (Phi) is 5.12. The van der Waals surface area contributed by atoms with Gasteiger partial charge in [-0.15, -0.1) is 0 Å². The van der Waals surface area contributed by atoms with Crippen LogP contribution in [0.3, 0.4) is 0 Å². The molecule has 1 aromatic carbocycles. The third kappa shape index (κ3) is 4.39. The molecule has 0 saturated heterocycles. The lowest BCUT2D eigenvalue weighted by Crippen LogP contribution is -2.12. The molecule has 0 spiro atoms. The van der Waals surface area contributed by atoms with Gasteiger partial charge in [0.2, 0.25) is 5.91 Å². The van der Waals surface area contributed by atoms with Crippen molar-refractivity contribution in [3.05, 3.63) is 54.4 Å². The highest BCUT2D eigenvalue weighted by Gasteiger charge is 2.03. The second-order valence-electron chi connectivity index (χ2n) is 4.50. The summed E-state index contributed by atoms with van der Waals surface area (Å²) in [4.78, 5) is 15.6. The van der Waals surface area contributed by atoms with Crippen LogP contribution in [0.25, 0.3) is 0 Å². The number of amides is 1. The Hall–Kier alpha value is -2.36. The molecule has 1 N–H and O–H groups in total. The van der Waals surface area contributed by atoms with Gasteiger partial charge in [-0.1, -0.05) is 18.2 Å². The van der Waals surface area contributed by atoms with Crippen molar-refractivity contribution in [2.75, 3.05) is 11.9 Å². The second-order valence-corrected chi connectivity index (χ2v) is 4.50. The molecular formula is C16H18N2O2. The number of aromatic nitrogens is 1. The van der Waals surface area contributed by atoms with Crippen LogP contribution in [0.5, 0.6) is 5.75 Å². The summed E-state index contributed by atoms with van der Waals surface area (Å²) >= 11 is 0. The van der Waals surface area contributed by atoms with Crippen LogP contribution < -0.4 is 10.1 Å². The first-order valence-corrected chi connectivity index (χ1v) is 6.64. The Bertz CT molecular complexity index is 555. The molecule has 0 atom stereocenters. The monoisotopic (exact) mass is 270 g/mol. The molecule has 1 amide bonds. The van der Waals surface area contributed by atoms with E-state index in [1.54, 1.807) is 24.5 Å². The molecule has 0 saturated carbocycles. The first kappa shape index (κ1) is 14.1. The number of nitrogens with zero attached hydrogens (tertiary/aromatic N) is 1. The standard InChI is InChI=1S/C16H18N2O2/c1-13-5-2-3-6-15(13)20-12-4-7-16(19)18-14-8-10-17-11-9-14/h2-3,5-6,8-11H,4,7,12H2,1H3,(H,17,18,19). The van der Waals surface area contributed by atoms with E-state index < -0.39 is 0 Å². The zero-order valence-corrected chi connectivity index (χ0v) is 11.5. The van der Waals surface area contributed by atoms with Gasteiger partial charge in [-0.25, -0.2) is 0 Å². The number of ether oxygens (including phenoxy) is 1. The number of nitrogens with one attached hydrogen (secondary N) is 1. The van der Waals surface area contributed by atoms with Gasteiger partial charge in [0.15, 0.2) is 0 Å². The highest BCUT2D eigenvalue weighted by molar-refractivity contribution is 5.90. The minimum atomic E-state index is -0.00964. The lowest BCUT2D eigenvalue weighted by molar-refractivity contribution is -0.116. The van der Waals surface area contributed by atoms with Crippen molar-refractivity contribution in [1.29, 1.82) is 0 Å². The summed E-state index contributed by atoms with van der Waals surface area (Å²) in [6.45, 7) is 2.54. The van der Waals surface area contributed by atoms with Crippen molar-refractivity contribution in [1.82, 2.24) is 4.98 Å². The molecule has 0 bridgehead atoms. The number of pyridine rings is 1. The molecule has 2 rings (SSSR count). The first-order chi connectivity index (χ1) is 9.75. The van der Waals surface area contributed by atoms with Crippen LogP contribution in [0.1, 0.15) is 18.4 Å². The number of rotatable bonds is 6. The maximum Gasteiger partial charge on any atom is 0.224 e. The zero-order chi connectivity index (χ0) is 14.2. The summed E-state index contributed by atoms with van der Waals surface area (Å²) in [6, 6.07) is 11.4. The Morgan fingerprint density at radius 3 is 2.70 bits per heavy atom. The number of hydrogen-bond acceptors (Lipinski definition) is 3.